The van der Waals surface area contributed by atoms with Gasteiger partial charge in [-0.15, -0.1) is 0 Å². The Labute approximate surface area is 75.8 Å². The average molecular weight is 185 g/mol. The molecule has 1 rings (SSSR count). The first-order chi connectivity index (χ1) is 5.63. The normalized spacial score (nSPS) is 10.3. The highest BCUT2D eigenvalue weighted by Crippen LogP contribution is 2.12. The van der Waals surface area contributed by atoms with Crippen molar-refractivity contribution in [2.24, 2.45) is 5.92 Å². The minimum Gasteiger partial charge on any atom is -0.292 e. The van der Waals surface area contributed by atoms with Gasteiger partial charge in [-0.25, -0.2) is 9.97 Å². The van der Waals surface area contributed by atoms with Crippen LogP contribution in [0.15, 0.2) is 12.4 Å². The molecule has 0 amide bonds. The van der Waals surface area contributed by atoms with Crippen molar-refractivity contribution in [2.75, 3.05) is 0 Å². The Kier molecular flexibility index (Phi) is 2.76. The first-order valence-electron chi connectivity index (χ1n) is 3.63. The van der Waals surface area contributed by atoms with Crippen LogP contribution >= 0.6 is 11.6 Å². The van der Waals surface area contributed by atoms with Crippen molar-refractivity contribution < 1.29 is 4.79 Å². The van der Waals surface area contributed by atoms with Gasteiger partial charge < -0.3 is 0 Å². The summed E-state index contributed by atoms with van der Waals surface area (Å²) >= 11 is 5.67. The maximum absolute atomic E-state index is 11.4. The molecule has 0 bridgehead atoms. The lowest BCUT2D eigenvalue weighted by atomic mass is 10.1. The molecule has 1 aromatic rings. The van der Waals surface area contributed by atoms with E-state index in [9.17, 15) is 4.79 Å². The summed E-state index contributed by atoms with van der Waals surface area (Å²) in [7, 11) is 0. The molecule has 0 saturated heterocycles. The lowest BCUT2D eigenvalue weighted by Gasteiger charge is -2.02. The van der Waals surface area contributed by atoms with E-state index in [1.54, 1.807) is 13.8 Å². The minimum atomic E-state index is -0.0980. The monoisotopic (exact) mass is 184 g/mol. The van der Waals surface area contributed by atoms with Gasteiger partial charge in [0, 0.05) is 18.3 Å². The van der Waals surface area contributed by atoms with Crippen molar-refractivity contribution in [3.8, 4) is 0 Å². The van der Waals surface area contributed by atoms with E-state index in [1.165, 1.54) is 12.4 Å². The summed E-state index contributed by atoms with van der Waals surface area (Å²) < 4.78 is 0. The fraction of sp³-hybridized carbons (Fsp3) is 0.375. The first-order valence-corrected chi connectivity index (χ1v) is 4.01. The highest BCUT2D eigenvalue weighted by molar-refractivity contribution is 6.32. The van der Waals surface area contributed by atoms with Gasteiger partial charge in [0.1, 0.15) is 5.69 Å². The number of hydrogen-bond acceptors (Lipinski definition) is 3. The number of carbonyl (C=O) groups is 1. The van der Waals surface area contributed by atoms with E-state index in [0.717, 1.165) is 0 Å². The number of carbonyl (C=O) groups excluding carboxylic acids is 1. The van der Waals surface area contributed by atoms with Crippen molar-refractivity contribution in [1.82, 2.24) is 9.97 Å². The highest BCUT2D eigenvalue weighted by atomic mass is 35.5. The Morgan fingerprint density at radius 3 is 2.50 bits per heavy atom. The van der Waals surface area contributed by atoms with Crippen LogP contribution in [0.25, 0.3) is 0 Å². The third-order valence-electron chi connectivity index (χ3n) is 1.41. The Hall–Kier alpha value is -0.960. The van der Waals surface area contributed by atoms with Crippen molar-refractivity contribution in [2.45, 2.75) is 13.8 Å². The zero-order chi connectivity index (χ0) is 9.14. The van der Waals surface area contributed by atoms with E-state index in [0.29, 0.717) is 0 Å². The summed E-state index contributed by atoms with van der Waals surface area (Å²) in [5, 5.41) is 0.177. The molecule has 1 heterocycles. The van der Waals surface area contributed by atoms with Crippen molar-refractivity contribution in [3.05, 3.63) is 23.2 Å². The molecule has 0 unspecified atom stereocenters. The molecular formula is C8H9ClN2O. The smallest absolute Gasteiger partial charge is 0.186 e. The first kappa shape index (κ1) is 9.13. The largest absolute Gasteiger partial charge is 0.292 e. The number of ketones is 1. The summed E-state index contributed by atoms with van der Waals surface area (Å²) in [5.74, 6) is -0.174. The van der Waals surface area contributed by atoms with Crippen LogP contribution in [-0.4, -0.2) is 15.8 Å². The van der Waals surface area contributed by atoms with Gasteiger partial charge in [-0.05, 0) is 0 Å². The van der Waals surface area contributed by atoms with Crippen LogP contribution in [0.1, 0.15) is 24.3 Å². The number of hydrogen-bond donors (Lipinski definition) is 0. The fourth-order valence-electron chi connectivity index (χ4n) is 0.760. The topological polar surface area (TPSA) is 42.9 Å². The molecule has 1 aromatic heterocycles. The quantitative estimate of drug-likeness (QED) is 0.660. The Balaban J connectivity index is 3.03. The van der Waals surface area contributed by atoms with Crippen LogP contribution in [-0.2, 0) is 0 Å². The van der Waals surface area contributed by atoms with Crippen LogP contribution in [0.4, 0.5) is 0 Å². The Morgan fingerprint density at radius 2 is 2.00 bits per heavy atom. The van der Waals surface area contributed by atoms with E-state index in [1.807, 2.05) is 0 Å². The summed E-state index contributed by atoms with van der Waals surface area (Å²) in [5.41, 5.74) is 0.258. The molecule has 0 radical (unpaired) electrons. The zero-order valence-corrected chi connectivity index (χ0v) is 7.67. The lowest BCUT2D eigenvalue weighted by Crippen LogP contribution is -2.10. The van der Waals surface area contributed by atoms with E-state index in [2.05, 4.69) is 9.97 Å². The van der Waals surface area contributed by atoms with Gasteiger partial charge >= 0.3 is 0 Å². The van der Waals surface area contributed by atoms with E-state index < -0.39 is 0 Å². The van der Waals surface area contributed by atoms with Gasteiger partial charge in [0.2, 0.25) is 0 Å². The predicted molar refractivity (Wildman–Crippen MR) is 46.2 cm³/mol. The molecule has 4 heteroatoms. The third-order valence-corrected chi connectivity index (χ3v) is 1.69. The molecule has 0 N–H and O–H groups in total. The Bertz CT molecular complexity index is 299. The summed E-state index contributed by atoms with van der Waals surface area (Å²) in [6, 6.07) is 0. The van der Waals surface area contributed by atoms with Gasteiger partial charge in [-0.3, -0.25) is 4.79 Å². The summed E-state index contributed by atoms with van der Waals surface area (Å²) in [4.78, 5) is 19.0. The third kappa shape index (κ3) is 1.80. The van der Waals surface area contributed by atoms with Gasteiger partial charge in [-0.2, -0.15) is 0 Å². The van der Waals surface area contributed by atoms with Gasteiger partial charge in [-0.1, -0.05) is 25.4 Å². The van der Waals surface area contributed by atoms with E-state index in [-0.39, 0.29) is 22.5 Å². The molecule has 0 saturated carbocycles. The second kappa shape index (κ2) is 3.63. The zero-order valence-electron chi connectivity index (χ0n) is 6.91. The number of nitrogens with zero attached hydrogens (tertiary/aromatic N) is 2. The summed E-state index contributed by atoms with van der Waals surface area (Å²) in [6.07, 6.45) is 2.92. The maximum atomic E-state index is 11.4. The molecule has 0 fully saturated rings. The van der Waals surface area contributed by atoms with Gasteiger partial charge in [0.15, 0.2) is 10.9 Å². The van der Waals surface area contributed by atoms with Crippen LogP contribution in [0.5, 0.6) is 0 Å². The standard InChI is InChI=1S/C8H9ClN2O/c1-5(2)7(12)6-8(9)11-4-3-10-6/h3-5H,1-2H3. The molecule has 0 aliphatic heterocycles. The Morgan fingerprint density at radius 1 is 1.42 bits per heavy atom. The average Bonchev–Trinajstić information content (AvgIpc) is 2.04. The molecule has 12 heavy (non-hydrogen) atoms. The molecule has 0 atom stereocenters. The van der Waals surface area contributed by atoms with Crippen molar-refractivity contribution in [1.29, 1.82) is 0 Å². The molecule has 0 aliphatic carbocycles. The SMILES string of the molecule is CC(C)C(=O)c1nccnc1Cl. The molecular weight excluding hydrogens is 176 g/mol. The number of Topliss-reactive ketones (excluding diaryl/α,β-unsaturated/α-hetero) is 1. The van der Waals surface area contributed by atoms with Crippen LogP contribution in [0.2, 0.25) is 5.15 Å². The molecule has 64 valence electrons. The van der Waals surface area contributed by atoms with Crippen LogP contribution in [0.3, 0.4) is 0 Å². The van der Waals surface area contributed by atoms with Gasteiger partial charge in [0.25, 0.3) is 0 Å². The van der Waals surface area contributed by atoms with E-state index >= 15 is 0 Å². The fourth-order valence-corrected chi connectivity index (χ4v) is 0.958. The second-order valence-electron chi connectivity index (χ2n) is 2.71. The molecule has 0 aliphatic rings. The molecule has 3 nitrogen and oxygen atoms in total. The maximum Gasteiger partial charge on any atom is 0.186 e. The molecule has 0 spiro atoms. The predicted octanol–water partition coefficient (Wildman–Crippen LogP) is 1.97. The minimum absolute atomic E-state index is 0.0758. The molecule has 0 aromatic carbocycles. The second-order valence-corrected chi connectivity index (χ2v) is 3.07. The van der Waals surface area contributed by atoms with Crippen LogP contribution in [0, 0.1) is 5.92 Å². The number of halogens is 1. The summed E-state index contributed by atoms with van der Waals surface area (Å²) in [6.45, 7) is 3.60. The lowest BCUT2D eigenvalue weighted by molar-refractivity contribution is 0.0934. The van der Waals surface area contributed by atoms with Gasteiger partial charge in [0.05, 0.1) is 0 Å². The van der Waals surface area contributed by atoms with Crippen molar-refractivity contribution >= 4 is 17.4 Å². The number of aromatic nitrogens is 2. The van der Waals surface area contributed by atoms with E-state index in [4.69, 9.17) is 11.6 Å². The van der Waals surface area contributed by atoms with Crippen molar-refractivity contribution in [3.63, 3.8) is 0 Å². The van der Waals surface area contributed by atoms with Crippen LogP contribution < -0.4 is 0 Å². The number of rotatable bonds is 2. The highest BCUT2D eigenvalue weighted by Gasteiger charge is 2.15.